The van der Waals surface area contributed by atoms with Crippen molar-refractivity contribution >= 4 is 5.97 Å². The Hall–Kier alpha value is -2.61. The molecule has 1 aliphatic carbocycles. The van der Waals surface area contributed by atoms with Gasteiger partial charge in [0.1, 0.15) is 12.4 Å². The summed E-state index contributed by atoms with van der Waals surface area (Å²) in [6.07, 6.45) is 1.54. The number of pyridine rings is 1. The lowest BCUT2D eigenvalue weighted by Gasteiger charge is -2.36. The average Bonchev–Trinajstić information content (AvgIpc) is 2.75. The fourth-order valence-corrected chi connectivity index (χ4v) is 4.50. The molecule has 1 saturated carbocycles. The number of benzene rings is 1. The maximum Gasteiger partial charge on any atom is 0.418 e. The Kier molecular flexibility index (Phi) is 6.69. The van der Waals surface area contributed by atoms with Gasteiger partial charge in [-0.3, -0.25) is 14.7 Å². The predicted molar refractivity (Wildman–Crippen MR) is 112 cm³/mol. The third-order valence-corrected chi connectivity index (χ3v) is 6.31. The molecule has 2 aromatic rings. The normalized spacial score (nSPS) is 18.3. The number of carboxylic acids is 1. The molecule has 5 nitrogen and oxygen atoms in total. The zero-order chi connectivity index (χ0) is 22.7. The minimum atomic E-state index is -4.44. The molecule has 172 valence electrons. The SMILES string of the molecule is O=C(O)C1CN(Cc2ccc(OCc3cnc(C4CCCCC4)c(C(F)(F)F)c3)cc2)C1. The quantitative estimate of drug-likeness (QED) is 0.627. The van der Waals surface area contributed by atoms with Gasteiger partial charge in [-0.15, -0.1) is 0 Å². The van der Waals surface area contributed by atoms with Crippen molar-refractivity contribution in [1.82, 2.24) is 9.88 Å². The fourth-order valence-electron chi connectivity index (χ4n) is 4.50. The Balaban J connectivity index is 1.36. The Morgan fingerprint density at radius 2 is 1.78 bits per heavy atom. The van der Waals surface area contributed by atoms with Gasteiger partial charge in [0.2, 0.25) is 0 Å². The highest BCUT2D eigenvalue weighted by atomic mass is 19.4. The van der Waals surface area contributed by atoms with Crippen LogP contribution < -0.4 is 4.74 Å². The van der Waals surface area contributed by atoms with Gasteiger partial charge in [-0.2, -0.15) is 13.2 Å². The van der Waals surface area contributed by atoms with Crippen molar-refractivity contribution in [1.29, 1.82) is 0 Å². The third-order valence-electron chi connectivity index (χ3n) is 6.31. The van der Waals surface area contributed by atoms with Gasteiger partial charge in [0.05, 0.1) is 17.2 Å². The Morgan fingerprint density at radius 3 is 2.41 bits per heavy atom. The van der Waals surface area contributed by atoms with Gasteiger partial charge in [0.15, 0.2) is 0 Å². The number of halogens is 3. The molecule has 4 rings (SSSR count). The van der Waals surface area contributed by atoms with Crippen LogP contribution in [0.25, 0.3) is 0 Å². The van der Waals surface area contributed by atoms with E-state index in [0.29, 0.717) is 30.9 Å². The lowest BCUT2D eigenvalue weighted by atomic mass is 9.84. The van der Waals surface area contributed by atoms with E-state index in [2.05, 4.69) is 4.98 Å². The largest absolute Gasteiger partial charge is 0.489 e. The summed E-state index contributed by atoms with van der Waals surface area (Å²) in [5.41, 5.74) is 0.941. The van der Waals surface area contributed by atoms with Crippen LogP contribution in [0.2, 0.25) is 0 Å². The van der Waals surface area contributed by atoms with Gasteiger partial charge in [-0.05, 0) is 36.6 Å². The zero-order valence-electron chi connectivity index (χ0n) is 17.8. The van der Waals surface area contributed by atoms with Gasteiger partial charge in [-0.1, -0.05) is 31.4 Å². The molecule has 2 fully saturated rings. The number of alkyl halides is 3. The Bertz CT molecular complexity index is 934. The van der Waals surface area contributed by atoms with Crippen molar-refractivity contribution in [2.24, 2.45) is 5.92 Å². The Labute approximate surface area is 185 Å². The third kappa shape index (κ3) is 5.41. The number of carbonyl (C=O) groups is 1. The number of hydrogen-bond acceptors (Lipinski definition) is 4. The summed E-state index contributed by atoms with van der Waals surface area (Å²) in [6, 6.07) is 8.49. The second kappa shape index (κ2) is 9.48. The molecule has 0 atom stereocenters. The molecule has 0 spiro atoms. The summed E-state index contributed by atoms with van der Waals surface area (Å²) in [7, 11) is 0. The van der Waals surface area contributed by atoms with Gasteiger partial charge in [-0.25, -0.2) is 0 Å². The van der Waals surface area contributed by atoms with E-state index >= 15 is 0 Å². The van der Waals surface area contributed by atoms with E-state index in [-0.39, 0.29) is 24.1 Å². The van der Waals surface area contributed by atoms with Crippen molar-refractivity contribution in [3.8, 4) is 5.75 Å². The highest BCUT2D eigenvalue weighted by molar-refractivity contribution is 5.71. The number of aliphatic carboxylic acids is 1. The predicted octanol–water partition coefficient (Wildman–Crippen LogP) is 5.24. The van der Waals surface area contributed by atoms with Gasteiger partial charge in [0, 0.05) is 37.3 Å². The van der Waals surface area contributed by atoms with E-state index < -0.39 is 17.7 Å². The summed E-state index contributed by atoms with van der Waals surface area (Å²) in [5, 5.41) is 8.94. The first-order valence-corrected chi connectivity index (χ1v) is 11.0. The van der Waals surface area contributed by atoms with Crippen molar-refractivity contribution in [3.05, 3.63) is 58.9 Å². The molecule has 8 heteroatoms. The zero-order valence-corrected chi connectivity index (χ0v) is 17.8. The maximum atomic E-state index is 13.7. The van der Waals surface area contributed by atoms with Crippen LogP contribution >= 0.6 is 0 Å². The van der Waals surface area contributed by atoms with E-state index in [4.69, 9.17) is 9.84 Å². The molecule has 0 bridgehead atoms. The van der Waals surface area contributed by atoms with Crippen LogP contribution in [0.5, 0.6) is 5.75 Å². The van der Waals surface area contributed by atoms with E-state index in [1.165, 1.54) is 12.3 Å². The highest BCUT2D eigenvalue weighted by Crippen LogP contribution is 2.40. The van der Waals surface area contributed by atoms with Gasteiger partial charge < -0.3 is 9.84 Å². The molecular formula is C24H27F3N2O3. The molecular weight excluding hydrogens is 421 g/mol. The maximum absolute atomic E-state index is 13.7. The standard InChI is InChI=1S/C24H27F3N2O3/c25-24(26,27)21-10-17(11-28-22(21)18-4-2-1-3-5-18)15-32-20-8-6-16(7-9-20)12-29-13-19(14-29)23(30)31/h6-11,18-19H,1-5,12-15H2,(H,30,31). The fraction of sp³-hybridized carbons (Fsp3) is 0.500. The van der Waals surface area contributed by atoms with Crippen molar-refractivity contribution in [3.63, 3.8) is 0 Å². The number of carboxylic acid groups (broad SMARTS) is 1. The number of ether oxygens (including phenoxy) is 1. The summed E-state index contributed by atoms with van der Waals surface area (Å²) in [6.45, 7) is 1.75. The van der Waals surface area contributed by atoms with Gasteiger partial charge >= 0.3 is 12.1 Å². The van der Waals surface area contributed by atoms with Gasteiger partial charge in [0.25, 0.3) is 0 Å². The van der Waals surface area contributed by atoms with E-state index in [1.54, 1.807) is 12.1 Å². The molecule has 1 N–H and O–H groups in total. The second-order valence-corrected chi connectivity index (χ2v) is 8.77. The first-order chi connectivity index (χ1) is 15.3. The number of nitrogens with zero attached hydrogens (tertiary/aromatic N) is 2. The number of likely N-dealkylation sites (tertiary alicyclic amines) is 1. The van der Waals surface area contributed by atoms with E-state index in [0.717, 1.165) is 37.7 Å². The second-order valence-electron chi connectivity index (χ2n) is 8.77. The summed E-state index contributed by atoms with van der Waals surface area (Å²) in [4.78, 5) is 17.1. The van der Waals surface area contributed by atoms with Crippen molar-refractivity contribution in [2.75, 3.05) is 13.1 Å². The number of hydrogen-bond donors (Lipinski definition) is 1. The Morgan fingerprint density at radius 1 is 1.09 bits per heavy atom. The van der Waals surface area contributed by atoms with Crippen molar-refractivity contribution < 1.29 is 27.8 Å². The minimum absolute atomic E-state index is 0.00674. The number of aromatic nitrogens is 1. The minimum Gasteiger partial charge on any atom is -0.489 e. The van der Waals surface area contributed by atoms with Crippen LogP contribution in [0.15, 0.2) is 36.5 Å². The average molecular weight is 448 g/mol. The smallest absolute Gasteiger partial charge is 0.418 e. The summed E-state index contributed by atoms with van der Waals surface area (Å²) in [5.74, 6) is -0.622. The van der Waals surface area contributed by atoms with Crippen LogP contribution in [-0.2, 0) is 24.1 Å². The number of rotatable bonds is 7. The molecule has 1 aromatic carbocycles. The van der Waals surface area contributed by atoms with Crippen LogP contribution in [-0.4, -0.2) is 34.0 Å². The van der Waals surface area contributed by atoms with Crippen LogP contribution in [0.1, 0.15) is 60.4 Å². The molecule has 2 heterocycles. The molecule has 32 heavy (non-hydrogen) atoms. The molecule has 0 amide bonds. The molecule has 2 aliphatic rings. The van der Waals surface area contributed by atoms with Crippen LogP contribution in [0.4, 0.5) is 13.2 Å². The van der Waals surface area contributed by atoms with E-state index in [1.807, 2.05) is 17.0 Å². The first-order valence-electron chi connectivity index (χ1n) is 11.0. The molecule has 1 saturated heterocycles. The monoisotopic (exact) mass is 448 g/mol. The van der Waals surface area contributed by atoms with Crippen molar-refractivity contribution in [2.45, 2.75) is 57.3 Å². The summed E-state index contributed by atoms with van der Waals surface area (Å²) < 4.78 is 46.7. The summed E-state index contributed by atoms with van der Waals surface area (Å²) >= 11 is 0. The molecule has 1 aliphatic heterocycles. The highest BCUT2D eigenvalue weighted by Gasteiger charge is 2.37. The molecule has 1 aromatic heterocycles. The lowest BCUT2D eigenvalue weighted by Crippen LogP contribution is -2.49. The van der Waals surface area contributed by atoms with Crippen LogP contribution in [0, 0.1) is 5.92 Å². The first kappa shape index (κ1) is 22.6. The lowest BCUT2D eigenvalue weighted by molar-refractivity contribution is -0.147. The van der Waals surface area contributed by atoms with E-state index in [9.17, 15) is 18.0 Å². The molecule has 0 radical (unpaired) electrons. The topological polar surface area (TPSA) is 62.7 Å². The molecule has 0 unspecified atom stereocenters. The van der Waals surface area contributed by atoms with Crippen LogP contribution in [0.3, 0.4) is 0 Å².